The van der Waals surface area contributed by atoms with Crippen LogP contribution in [0.15, 0.2) is 36.4 Å². The number of hydrogen-bond acceptors (Lipinski definition) is 7. The fourth-order valence-corrected chi connectivity index (χ4v) is 4.27. The fraction of sp³-hybridized carbons (Fsp3) is 0.481. The van der Waals surface area contributed by atoms with E-state index in [-0.39, 0.29) is 38.5 Å². The molecule has 188 valence electrons. The summed E-state index contributed by atoms with van der Waals surface area (Å²) in [6, 6.07) is 10.5. The van der Waals surface area contributed by atoms with Crippen molar-refractivity contribution < 1.29 is 33.8 Å². The van der Waals surface area contributed by atoms with E-state index in [1.807, 2.05) is 19.1 Å². The van der Waals surface area contributed by atoms with Gasteiger partial charge in [0.05, 0.1) is 6.42 Å². The van der Waals surface area contributed by atoms with Crippen molar-refractivity contribution in [2.24, 2.45) is 11.8 Å². The van der Waals surface area contributed by atoms with Crippen LogP contribution in [0, 0.1) is 11.8 Å². The van der Waals surface area contributed by atoms with Gasteiger partial charge in [-0.1, -0.05) is 51.5 Å². The minimum atomic E-state index is -1.16. The molecule has 1 N–H and O–H groups in total. The number of rotatable bonds is 12. The third-order valence-electron chi connectivity index (χ3n) is 6.29. The number of esters is 2. The number of ether oxygens (including phenoxy) is 2. The molecule has 0 fully saturated rings. The average molecular weight is 484 g/mol. The summed E-state index contributed by atoms with van der Waals surface area (Å²) in [4.78, 5) is 50.9. The van der Waals surface area contributed by atoms with E-state index in [0.29, 0.717) is 22.4 Å². The van der Waals surface area contributed by atoms with Gasteiger partial charge in [-0.3, -0.25) is 24.1 Å². The Morgan fingerprint density at radius 2 is 1.49 bits per heavy atom. The summed E-state index contributed by atoms with van der Waals surface area (Å²) in [6.07, 6.45) is 0.873. The van der Waals surface area contributed by atoms with Crippen LogP contribution in [0.4, 0.5) is 0 Å². The molecule has 1 aliphatic heterocycles. The fourth-order valence-electron chi connectivity index (χ4n) is 4.27. The van der Waals surface area contributed by atoms with Crippen LogP contribution in [0.1, 0.15) is 67.2 Å². The maximum atomic E-state index is 12.9. The first-order chi connectivity index (χ1) is 16.7. The van der Waals surface area contributed by atoms with E-state index in [4.69, 9.17) is 9.47 Å². The van der Waals surface area contributed by atoms with E-state index >= 15 is 0 Å². The predicted molar refractivity (Wildman–Crippen MR) is 130 cm³/mol. The van der Waals surface area contributed by atoms with Crippen LogP contribution in [0.5, 0.6) is 0 Å². The highest BCUT2D eigenvalue weighted by molar-refractivity contribution is 6.25. The molecule has 35 heavy (non-hydrogen) atoms. The van der Waals surface area contributed by atoms with Crippen molar-refractivity contribution in [1.82, 2.24) is 4.90 Å². The quantitative estimate of drug-likeness (QED) is 0.362. The first-order valence-corrected chi connectivity index (χ1v) is 12.1. The average Bonchev–Trinajstić information content (AvgIpc) is 2.84. The van der Waals surface area contributed by atoms with Crippen LogP contribution in [0.3, 0.4) is 0 Å². The number of imide groups is 1. The second kappa shape index (κ2) is 11.9. The Labute approximate surface area is 205 Å². The zero-order valence-corrected chi connectivity index (χ0v) is 20.5. The van der Waals surface area contributed by atoms with Gasteiger partial charge in [-0.2, -0.15) is 0 Å². The van der Waals surface area contributed by atoms with Gasteiger partial charge in [-0.05, 0) is 35.8 Å². The van der Waals surface area contributed by atoms with Gasteiger partial charge in [-0.15, -0.1) is 0 Å². The van der Waals surface area contributed by atoms with Gasteiger partial charge in [-0.25, -0.2) is 0 Å². The van der Waals surface area contributed by atoms with Gasteiger partial charge in [0.2, 0.25) is 0 Å². The first-order valence-electron chi connectivity index (χ1n) is 12.1. The summed E-state index contributed by atoms with van der Waals surface area (Å²) < 4.78 is 10.1. The van der Waals surface area contributed by atoms with Crippen molar-refractivity contribution in [2.45, 2.75) is 52.6 Å². The first kappa shape index (κ1) is 26.3. The zero-order valence-electron chi connectivity index (χ0n) is 20.5. The van der Waals surface area contributed by atoms with Gasteiger partial charge < -0.3 is 14.6 Å². The number of amides is 2. The van der Waals surface area contributed by atoms with Crippen molar-refractivity contribution in [3.8, 4) is 0 Å². The number of nitrogens with zero attached hydrogens (tertiary/aromatic N) is 1. The van der Waals surface area contributed by atoms with Crippen molar-refractivity contribution in [3.63, 3.8) is 0 Å². The summed E-state index contributed by atoms with van der Waals surface area (Å²) in [5, 5.41) is 11.4. The van der Waals surface area contributed by atoms with Gasteiger partial charge in [0, 0.05) is 29.5 Å². The molecule has 0 bridgehead atoms. The maximum Gasteiger partial charge on any atom is 0.307 e. The van der Waals surface area contributed by atoms with Crippen molar-refractivity contribution in [2.75, 3.05) is 19.8 Å². The molecule has 0 radical (unpaired) electrons. The number of aliphatic hydroxyl groups excluding tert-OH is 1. The zero-order chi connectivity index (χ0) is 25.5. The van der Waals surface area contributed by atoms with E-state index in [9.17, 15) is 24.3 Å². The standard InChI is InChI=1S/C27H33NO7/c1-4-17(2)13-18(3)14-24(31)35-16-20(29)15-34-23(30)11-12-28-26(32)21-9-5-7-19-8-6-10-22(25(19)21)27(28)33/h5-10,17-18,20,29H,4,11-16H2,1-3H3. The van der Waals surface area contributed by atoms with Gasteiger partial charge in [0.1, 0.15) is 19.3 Å². The Kier molecular flexibility index (Phi) is 8.98. The van der Waals surface area contributed by atoms with E-state index in [1.54, 1.807) is 24.3 Å². The lowest BCUT2D eigenvalue weighted by molar-refractivity contribution is -0.152. The molecule has 3 rings (SSSR count). The third kappa shape index (κ3) is 6.66. The van der Waals surface area contributed by atoms with Gasteiger partial charge >= 0.3 is 11.9 Å². The molecule has 8 nitrogen and oxygen atoms in total. The molecule has 8 heteroatoms. The molecule has 0 saturated heterocycles. The second-order valence-electron chi connectivity index (χ2n) is 9.30. The highest BCUT2D eigenvalue weighted by Gasteiger charge is 2.32. The Balaban J connectivity index is 1.42. The Bertz CT molecular complexity index is 1050. The Hall–Kier alpha value is -3.26. The topological polar surface area (TPSA) is 110 Å². The van der Waals surface area contributed by atoms with E-state index in [2.05, 4.69) is 13.8 Å². The Morgan fingerprint density at radius 3 is 2.06 bits per heavy atom. The summed E-state index contributed by atoms with van der Waals surface area (Å²) in [5.74, 6) is -1.27. The number of benzene rings is 2. The molecule has 3 unspecified atom stereocenters. The van der Waals surface area contributed by atoms with E-state index in [1.165, 1.54) is 0 Å². The predicted octanol–water partition coefficient (Wildman–Crippen LogP) is 3.74. The minimum Gasteiger partial charge on any atom is -0.463 e. The number of carbonyl (C=O) groups excluding carboxylic acids is 4. The van der Waals surface area contributed by atoms with Crippen molar-refractivity contribution in [3.05, 3.63) is 47.5 Å². The smallest absolute Gasteiger partial charge is 0.307 e. The summed E-state index contributed by atoms with van der Waals surface area (Å²) in [5.41, 5.74) is 0.837. The molecule has 2 aromatic carbocycles. The largest absolute Gasteiger partial charge is 0.463 e. The lowest BCUT2D eigenvalue weighted by Crippen LogP contribution is -2.41. The van der Waals surface area contributed by atoms with E-state index in [0.717, 1.165) is 23.1 Å². The lowest BCUT2D eigenvalue weighted by Gasteiger charge is -2.26. The van der Waals surface area contributed by atoms with Crippen molar-refractivity contribution in [1.29, 1.82) is 0 Å². The normalized spacial score (nSPS) is 15.6. The molecular formula is C27H33NO7. The molecule has 0 aromatic heterocycles. The summed E-state index contributed by atoms with van der Waals surface area (Å²) in [7, 11) is 0. The van der Waals surface area contributed by atoms with Crippen LogP contribution < -0.4 is 0 Å². The van der Waals surface area contributed by atoms with Crippen LogP contribution >= 0.6 is 0 Å². The van der Waals surface area contributed by atoms with E-state index < -0.39 is 29.9 Å². The second-order valence-corrected chi connectivity index (χ2v) is 9.30. The molecule has 0 aliphatic carbocycles. The summed E-state index contributed by atoms with van der Waals surface area (Å²) >= 11 is 0. The molecular weight excluding hydrogens is 450 g/mol. The number of hydrogen-bond donors (Lipinski definition) is 1. The molecule has 0 saturated carbocycles. The molecule has 2 amide bonds. The maximum absolute atomic E-state index is 12.9. The third-order valence-corrected chi connectivity index (χ3v) is 6.29. The monoisotopic (exact) mass is 483 g/mol. The van der Waals surface area contributed by atoms with Crippen molar-refractivity contribution >= 4 is 34.5 Å². The number of carbonyl (C=O) groups is 4. The van der Waals surface area contributed by atoms with Gasteiger partial charge in [0.25, 0.3) is 11.8 Å². The molecule has 2 aromatic rings. The molecule has 1 heterocycles. The molecule has 1 aliphatic rings. The number of aliphatic hydroxyl groups is 1. The summed E-state index contributed by atoms with van der Waals surface area (Å²) in [6.45, 7) is 5.47. The van der Waals surface area contributed by atoms with Crippen LogP contribution in [-0.4, -0.2) is 59.6 Å². The van der Waals surface area contributed by atoms with Gasteiger partial charge in [0.15, 0.2) is 0 Å². The van der Waals surface area contributed by atoms with Crippen LogP contribution in [0.2, 0.25) is 0 Å². The SMILES string of the molecule is CCC(C)CC(C)CC(=O)OCC(O)COC(=O)CCN1C(=O)c2cccc3cccc(c23)C1=O. The highest BCUT2D eigenvalue weighted by Crippen LogP contribution is 2.30. The molecule has 0 spiro atoms. The highest BCUT2D eigenvalue weighted by atomic mass is 16.6. The lowest BCUT2D eigenvalue weighted by atomic mass is 9.93. The molecule has 3 atom stereocenters. The minimum absolute atomic E-state index is 0.139. The van der Waals surface area contributed by atoms with Crippen LogP contribution in [-0.2, 0) is 19.1 Å². The van der Waals surface area contributed by atoms with Crippen LogP contribution in [0.25, 0.3) is 10.8 Å². The Morgan fingerprint density at radius 1 is 0.914 bits per heavy atom.